The molecular weight excluding hydrogens is 188 g/mol. The first-order chi connectivity index (χ1) is 7.35. The number of hydrogen-bond donors (Lipinski definition) is 2. The number of hydrogen-bond acceptors (Lipinski definition) is 3. The molecule has 88 valence electrons. The standard InChI is InChI=1S/C12H24N2O/c13-9-12(6-2-8-15-10-12)14-7-5-11-3-1-4-11/h11,14H,1-10,13H2. The fourth-order valence-corrected chi connectivity index (χ4v) is 2.55. The highest BCUT2D eigenvalue weighted by atomic mass is 16.5. The average Bonchev–Trinajstić information content (AvgIpc) is 2.23. The van der Waals surface area contributed by atoms with Gasteiger partial charge in [0.25, 0.3) is 0 Å². The molecule has 0 amide bonds. The van der Waals surface area contributed by atoms with E-state index in [9.17, 15) is 0 Å². The molecule has 1 heterocycles. The SMILES string of the molecule is NCC1(NCCC2CCC2)CCCOC1. The van der Waals surface area contributed by atoms with E-state index in [1.807, 2.05) is 0 Å². The van der Waals surface area contributed by atoms with Gasteiger partial charge in [-0.05, 0) is 31.7 Å². The van der Waals surface area contributed by atoms with Crippen molar-refractivity contribution in [3.05, 3.63) is 0 Å². The van der Waals surface area contributed by atoms with Crippen LogP contribution in [0.5, 0.6) is 0 Å². The Balaban J connectivity index is 1.69. The van der Waals surface area contributed by atoms with Crippen LogP contribution in [-0.4, -0.2) is 31.8 Å². The predicted molar refractivity (Wildman–Crippen MR) is 61.8 cm³/mol. The zero-order valence-electron chi connectivity index (χ0n) is 9.63. The molecule has 1 aliphatic heterocycles. The van der Waals surface area contributed by atoms with Crippen molar-refractivity contribution in [2.75, 3.05) is 26.3 Å². The fourth-order valence-electron chi connectivity index (χ4n) is 2.55. The molecule has 0 aromatic carbocycles. The van der Waals surface area contributed by atoms with Crippen molar-refractivity contribution >= 4 is 0 Å². The quantitative estimate of drug-likeness (QED) is 0.721. The topological polar surface area (TPSA) is 47.3 Å². The molecule has 0 spiro atoms. The first kappa shape index (κ1) is 11.4. The molecule has 0 bridgehead atoms. The summed E-state index contributed by atoms with van der Waals surface area (Å²) < 4.78 is 5.53. The lowest BCUT2D eigenvalue weighted by atomic mass is 9.82. The lowest BCUT2D eigenvalue weighted by Gasteiger charge is -2.38. The van der Waals surface area contributed by atoms with Crippen LogP contribution < -0.4 is 11.1 Å². The smallest absolute Gasteiger partial charge is 0.0660 e. The van der Waals surface area contributed by atoms with Gasteiger partial charge in [0.2, 0.25) is 0 Å². The molecule has 1 atom stereocenters. The van der Waals surface area contributed by atoms with Gasteiger partial charge in [0.1, 0.15) is 0 Å². The molecule has 0 radical (unpaired) electrons. The van der Waals surface area contributed by atoms with E-state index in [0.717, 1.165) is 32.1 Å². The van der Waals surface area contributed by atoms with Gasteiger partial charge in [-0.2, -0.15) is 0 Å². The third kappa shape index (κ3) is 2.92. The molecule has 0 aromatic rings. The highest BCUT2D eigenvalue weighted by Gasteiger charge is 2.31. The van der Waals surface area contributed by atoms with E-state index in [4.69, 9.17) is 10.5 Å². The van der Waals surface area contributed by atoms with Gasteiger partial charge in [-0.25, -0.2) is 0 Å². The second kappa shape index (κ2) is 5.28. The lowest BCUT2D eigenvalue weighted by molar-refractivity contribution is 0.0231. The molecule has 3 heteroatoms. The summed E-state index contributed by atoms with van der Waals surface area (Å²) in [7, 11) is 0. The maximum atomic E-state index is 5.86. The van der Waals surface area contributed by atoms with E-state index < -0.39 is 0 Å². The summed E-state index contributed by atoms with van der Waals surface area (Å²) in [4.78, 5) is 0. The van der Waals surface area contributed by atoms with Crippen molar-refractivity contribution < 1.29 is 4.74 Å². The van der Waals surface area contributed by atoms with Crippen molar-refractivity contribution in [1.82, 2.24) is 5.32 Å². The Morgan fingerprint density at radius 3 is 2.73 bits per heavy atom. The zero-order chi connectivity index (χ0) is 10.6. The van der Waals surface area contributed by atoms with Crippen LogP contribution in [0.3, 0.4) is 0 Å². The second-order valence-corrected chi connectivity index (χ2v) is 5.15. The van der Waals surface area contributed by atoms with Gasteiger partial charge in [0.15, 0.2) is 0 Å². The van der Waals surface area contributed by atoms with Gasteiger partial charge < -0.3 is 15.8 Å². The molecule has 1 saturated carbocycles. The van der Waals surface area contributed by atoms with Gasteiger partial charge in [-0.1, -0.05) is 19.3 Å². The van der Waals surface area contributed by atoms with Crippen LogP contribution in [0, 0.1) is 5.92 Å². The van der Waals surface area contributed by atoms with Gasteiger partial charge >= 0.3 is 0 Å². The van der Waals surface area contributed by atoms with E-state index in [-0.39, 0.29) is 5.54 Å². The third-order valence-electron chi connectivity index (χ3n) is 3.99. The number of ether oxygens (including phenoxy) is 1. The van der Waals surface area contributed by atoms with Crippen LogP contribution >= 0.6 is 0 Å². The Morgan fingerprint density at radius 2 is 2.20 bits per heavy atom. The first-order valence-corrected chi connectivity index (χ1v) is 6.37. The number of nitrogens with one attached hydrogen (secondary N) is 1. The van der Waals surface area contributed by atoms with Crippen molar-refractivity contribution in [2.24, 2.45) is 11.7 Å². The largest absolute Gasteiger partial charge is 0.379 e. The molecule has 2 aliphatic rings. The maximum Gasteiger partial charge on any atom is 0.0660 e. The van der Waals surface area contributed by atoms with Gasteiger partial charge in [0, 0.05) is 13.2 Å². The molecule has 3 nitrogen and oxygen atoms in total. The molecule has 1 unspecified atom stereocenters. The van der Waals surface area contributed by atoms with Crippen LogP contribution in [0.4, 0.5) is 0 Å². The molecule has 3 N–H and O–H groups in total. The van der Waals surface area contributed by atoms with E-state index >= 15 is 0 Å². The van der Waals surface area contributed by atoms with Gasteiger partial charge in [-0.3, -0.25) is 0 Å². The van der Waals surface area contributed by atoms with E-state index in [1.54, 1.807) is 0 Å². The minimum Gasteiger partial charge on any atom is -0.379 e. The second-order valence-electron chi connectivity index (χ2n) is 5.15. The molecule has 0 aromatic heterocycles. The monoisotopic (exact) mass is 212 g/mol. The average molecular weight is 212 g/mol. The molecule has 1 aliphatic carbocycles. The molecule has 15 heavy (non-hydrogen) atoms. The Morgan fingerprint density at radius 1 is 1.33 bits per heavy atom. The fraction of sp³-hybridized carbons (Fsp3) is 1.00. The highest BCUT2D eigenvalue weighted by Crippen LogP contribution is 2.29. The van der Waals surface area contributed by atoms with E-state index in [2.05, 4.69) is 5.32 Å². The van der Waals surface area contributed by atoms with Crippen LogP contribution in [0.15, 0.2) is 0 Å². The van der Waals surface area contributed by atoms with E-state index in [1.165, 1.54) is 32.1 Å². The Bertz CT molecular complexity index is 186. The third-order valence-corrected chi connectivity index (χ3v) is 3.99. The molecule has 2 fully saturated rings. The lowest BCUT2D eigenvalue weighted by Crippen LogP contribution is -2.57. The Labute approximate surface area is 92.7 Å². The van der Waals surface area contributed by atoms with E-state index in [0.29, 0.717) is 6.54 Å². The maximum absolute atomic E-state index is 5.86. The van der Waals surface area contributed by atoms with Crippen LogP contribution in [0.2, 0.25) is 0 Å². The predicted octanol–water partition coefficient (Wildman–Crippen LogP) is 1.27. The Kier molecular flexibility index (Phi) is 4.00. The summed E-state index contributed by atoms with van der Waals surface area (Å²) in [5, 5.41) is 3.63. The summed E-state index contributed by atoms with van der Waals surface area (Å²) in [5.41, 5.74) is 5.94. The van der Waals surface area contributed by atoms with Crippen molar-refractivity contribution in [3.63, 3.8) is 0 Å². The van der Waals surface area contributed by atoms with Crippen LogP contribution in [0.25, 0.3) is 0 Å². The number of nitrogens with two attached hydrogens (primary N) is 1. The normalized spacial score (nSPS) is 32.6. The highest BCUT2D eigenvalue weighted by molar-refractivity contribution is 4.91. The summed E-state index contributed by atoms with van der Waals surface area (Å²) in [6.07, 6.45) is 7.96. The number of rotatable bonds is 5. The summed E-state index contributed by atoms with van der Waals surface area (Å²) in [6.45, 7) is 3.53. The minimum absolute atomic E-state index is 0.0853. The van der Waals surface area contributed by atoms with Crippen LogP contribution in [0.1, 0.15) is 38.5 Å². The van der Waals surface area contributed by atoms with Crippen molar-refractivity contribution in [1.29, 1.82) is 0 Å². The molecule has 1 saturated heterocycles. The molecule has 2 rings (SSSR count). The van der Waals surface area contributed by atoms with Gasteiger partial charge in [0.05, 0.1) is 12.1 Å². The van der Waals surface area contributed by atoms with Crippen molar-refractivity contribution in [3.8, 4) is 0 Å². The first-order valence-electron chi connectivity index (χ1n) is 6.37. The van der Waals surface area contributed by atoms with Crippen molar-refractivity contribution in [2.45, 2.75) is 44.1 Å². The summed E-state index contributed by atoms with van der Waals surface area (Å²) in [5.74, 6) is 0.983. The van der Waals surface area contributed by atoms with Crippen LogP contribution in [-0.2, 0) is 4.74 Å². The molecular formula is C12H24N2O. The summed E-state index contributed by atoms with van der Waals surface area (Å²) >= 11 is 0. The van der Waals surface area contributed by atoms with Gasteiger partial charge in [-0.15, -0.1) is 0 Å². The Hall–Kier alpha value is -0.120. The minimum atomic E-state index is 0.0853. The zero-order valence-corrected chi connectivity index (χ0v) is 9.63. The summed E-state index contributed by atoms with van der Waals surface area (Å²) in [6, 6.07) is 0.